The fourth-order valence-corrected chi connectivity index (χ4v) is 1.92. The van der Waals surface area contributed by atoms with Crippen LogP contribution in [0.25, 0.3) is 0 Å². The monoisotopic (exact) mass is 205 g/mol. The Bertz CT molecular complexity index is 148. The van der Waals surface area contributed by atoms with Gasteiger partial charge in [-0.05, 0) is 31.6 Å². The van der Waals surface area contributed by atoms with Crippen LogP contribution in [0, 0.1) is 5.41 Å². The van der Waals surface area contributed by atoms with E-state index in [-0.39, 0.29) is 0 Å². The minimum Gasteiger partial charge on any atom is -0.380 e. The van der Waals surface area contributed by atoms with E-state index >= 15 is 0 Å². The number of hydrogen-bond acceptors (Lipinski definition) is 2. The summed E-state index contributed by atoms with van der Waals surface area (Å²) in [6, 6.07) is 0. The second kappa shape index (κ2) is 5.18. The van der Waals surface area contributed by atoms with Gasteiger partial charge in [0.15, 0.2) is 0 Å². The van der Waals surface area contributed by atoms with E-state index in [1.807, 2.05) is 0 Å². The molecule has 1 aliphatic rings. The normalized spacial score (nSPS) is 21.5. The first kappa shape index (κ1) is 11.3. The minimum atomic E-state index is 0.312. The molecule has 3 heteroatoms. The van der Waals surface area contributed by atoms with Crippen LogP contribution in [0.1, 0.15) is 26.2 Å². The molecule has 78 valence electrons. The number of methoxy groups -OCH3 is 1. The van der Waals surface area contributed by atoms with Crippen LogP contribution in [0.15, 0.2) is 0 Å². The van der Waals surface area contributed by atoms with Gasteiger partial charge >= 0.3 is 0 Å². The quantitative estimate of drug-likeness (QED) is 0.643. The first-order chi connectivity index (χ1) is 6.22. The first-order valence-electron chi connectivity index (χ1n) is 5.02. The minimum absolute atomic E-state index is 0.312. The third-order valence-corrected chi connectivity index (χ3v) is 3.11. The highest BCUT2D eigenvalue weighted by Crippen LogP contribution is 2.48. The molecule has 1 aliphatic carbocycles. The van der Waals surface area contributed by atoms with Crippen LogP contribution in [0.3, 0.4) is 0 Å². The van der Waals surface area contributed by atoms with Crippen LogP contribution in [0.5, 0.6) is 0 Å². The summed E-state index contributed by atoms with van der Waals surface area (Å²) in [5, 5.41) is 3.44. The molecule has 0 aliphatic heterocycles. The SMILES string of the molecule is COC(C)CNCC1(CCCl)CC1. The smallest absolute Gasteiger partial charge is 0.0667 e. The van der Waals surface area contributed by atoms with Gasteiger partial charge in [-0.3, -0.25) is 0 Å². The lowest BCUT2D eigenvalue weighted by Gasteiger charge is -2.16. The molecule has 0 spiro atoms. The van der Waals surface area contributed by atoms with Crippen molar-refractivity contribution in [3.63, 3.8) is 0 Å². The molecule has 0 aromatic heterocycles. The van der Waals surface area contributed by atoms with Crippen molar-refractivity contribution >= 4 is 11.6 Å². The van der Waals surface area contributed by atoms with E-state index in [0.29, 0.717) is 11.5 Å². The molecule has 1 atom stereocenters. The second-order valence-electron chi connectivity index (χ2n) is 4.12. The first-order valence-corrected chi connectivity index (χ1v) is 5.55. The van der Waals surface area contributed by atoms with E-state index < -0.39 is 0 Å². The lowest BCUT2D eigenvalue weighted by atomic mass is 10.0. The van der Waals surface area contributed by atoms with Gasteiger partial charge in [-0.25, -0.2) is 0 Å². The Morgan fingerprint density at radius 1 is 1.54 bits per heavy atom. The molecule has 1 unspecified atom stereocenters. The van der Waals surface area contributed by atoms with Crippen molar-refractivity contribution in [3.05, 3.63) is 0 Å². The highest BCUT2D eigenvalue weighted by Gasteiger charge is 2.41. The number of ether oxygens (including phenoxy) is 1. The molecular formula is C10H20ClNO. The van der Waals surface area contributed by atoms with Gasteiger partial charge < -0.3 is 10.1 Å². The summed E-state index contributed by atoms with van der Waals surface area (Å²) in [5.74, 6) is 0.793. The fourth-order valence-electron chi connectivity index (χ4n) is 1.52. The Hall–Kier alpha value is 0.210. The van der Waals surface area contributed by atoms with Gasteiger partial charge in [-0.1, -0.05) is 0 Å². The van der Waals surface area contributed by atoms with Gasteiger partial charge in [-0.2, -0.15) is 0 Å². The molecule has 0 aromatic carbocycles. The van der Waals surface area contributed by atoms with E-state index in [9.17, 15) is 0 Å². The van der Waals surface area contributed by atoms with Gasteiger partial charge in [0.2, 0.25) is 0 Å². The summed E-state index contributed by atoms with van der Waals surface area (Å²) in [7, 11) is 1.75. The number of alkyl halides is 1. The molecule has 0 amide bonds. The summed E-state index contributed by atoms with van der Waals surface area (Å²) in [6.45, 7) is 4.13. The molecule has 1 fully saturated rings. The molecule has 1 rings (SSSR count). The van der Waals surface area contributed by atoms with E-state index in [4.69, 9.17) is 16.3 Å². The maximum absolute atomic E-state index is 5.74. The van der Waals surface area contributed by atoms with Crippen molar-refractivity contribution in [2.45, 2.75) is 32.3 Å². The number of hydrogen-bond donors (Lipinski definition) is 1. The molecule has 0 bridgehead atoms. The van der Waals surface area contributed by atoms with Crippen LogP contribution in [0.2, 0.25) is 0 Å². The van der Waals surface area contributed by atoms with Crippen LogP contribution in [-0.2, 0) is 4.74 Å². The van der Waals surface area contributed by atoms with Crippen molar-refractivity contribution in [2.75, 3.05) is 26.1 Å². The Morgan fingerprint density at radius 3 is 2.69 bits per heavy atom. The zero-order valence-corrected chi connectivity index (χ0v) is 9.36. The molecule has 1 saturated carbocycles. The van der Waals surface area contributed by atoms with Gasteiger partial charge in [-0.15, -0.1) is 11.6 Å². The topological polar surface area (TPSA) is 21.3 Å². The van der Waals surface area contributed by atoms with Crippen molar-refractivity contribution in [1.29, 1.82) is 0 Å². The Kier molecular flexibility index (Phi) is 4.50. The average Bonchev–Trinajstić information content (AvgIpc) is 2.86. The maximum atomic E-state index is 5.74. The molecule has 0 saturated heterocycles. The van der Waals surface area contributed by atoms with Gasteiger partial charge in [0.1, 0.15) is 0 Å². The third kappa shape index (κ3) is 3.84. The van der Waals surface area contributed by atoms with E-state index in [1.165, 1.54) is 12.8 Å². The largest absolute Gasteiger partial charge is 0.380 e. The highest BCUT2D eigenvalue weighted by molar-refractivity contribution is 6.17. The maximum Gasteiger partial charge on any atom is 0.0667 e. The number of halogens is 1. The van der Waals surface area contributed by atoms with Crippen LogP contribution < -0.4 is 5.32 Å². The lowest BCUT2D eigenvalue weighted by molar-refractivity contribution is 0.115. The zero-order chi connectivity index (χ0) is 9.73. The average molecular weight is 206 g/mol. The predicted molar refractivity (Wildman–Crippen MR) is 56.3 cm³/mol. The van der Waals surface area contributed by atoms with E-state index in [1.54, 1.807) is 7.11 Å². The molecule has 0 heterocycles. The van der Waals surface area contributed by atoms with Crippen molar-refractivity contribution in [3.8, 4) is 0 Å². The lowest BCUT2D eigenvalue weighted by Crippen LogP contribution is -2.31. The molecule has 13 heavy (non-hydrogen) atoms. The van der Waals surface area contributed by atoms with Crippen molar-refractivity contribution < 1.29 is 4.74 Å². The Balaban J connectivity index is 2.05. The summed E-state index contributed by atoms with van der Waals surface area (Å²) in [6.07, 6.45) is 4.15. The van der Waals surface area contributed by atoms with Crippen molar-refractivity contribution in [2.24, 2.45) is 5.41 Å². The third-order valence-electron chi connectivity index (χ3n) is 2.92. The van der Waals surface area contributed by atoms with Gasteiger partial charge in [0.25, 0.3) is 0 Å². The van der Waals surface area contributed by atoms with Crippen LogP contribution in [0.4, 0.5) is 0 Å². The highest BCUT2D eigenvalue weighted by atomic mass is 35.5. The molecular weight excluding hydrogens is 186 g/mol. The number of rotatable bonds is 7. The number of nitrogens with one attached hydrogen (secondary N) is 1. The van der Waals surface area contributed by atoms with Crippen molar-refractivity contribution in [1.82, 2.24) is 5.32 Å². The second-order valence-corrected chi connectivity index (χ2v) is 4.49. The van der Waals surface area contributed by atoms with Crippen LogP contribution in [-0.4, -0.2) is 32.2 Å². The summed E-state index contributed by atoms with van der Waals surface area (Å²) >= 11 is 5.74. The molecule has 0 radical (unpaired) electrons. The molecule has 1 N–H and O–H groups in total. The molecule has 2 nitrogen and oxygen atoms in total. The summed E-state index contributed by atoms with van der Waals surface area (Å²) in [5.41, 5.74) is 0.537. The summed E-state index contributed by atoms with van der Waals surface area (Å²) in [4.78, 5) is 0. The van der Waals surface area contributed by atoms with Crippen LogP contribution >= 0.6 is 11.6 Å². The van der Waals surface area contributed by atoms with Gasteiger partial charge in [0.05, 0.1) is 6.10 Å². The Labute approximate surface area is 86.0 Å². The standard InChI is InChI=1S/C10H20ClNO/c1-9(13-2)7-12-8-10(3-4-10)5-6-11/h9,12H,3-8H2,1-2H3. The molecule has 0 aromatic rings. The van der Waals surface area contributed by atoms with E-state index in [0.717, 1.165) is 25.4 Å². The zero-order valence-electron chi connectivity index (χ0n) is 8.61. The summed E-state index contributed by atoms with van der Waals surface area (Å²) < 4.78 is 5.16. The van der Waals surface area contributed by atoms with Gasteiger partial charge in [0, 0.05) is 26.1 Å². The Morgan fingerprint density at radius 2 is 2.23 bits per heavy atom. The predicted octanol–water partition coefficient (Wildman–Crippen LogP) is 2.02. The fraction of sp³-hybridized carbons (Fsp3) is 1.00. The van der Waals surface area contributed by atoms with E-state index in [2.05, 4.69) is 12.2 Å².